The third kappa shape index (κ3) is 9.55. The van der Waals surface area contributed by atoms with Crippen LogP contribution in [0.4, 0.5) is 24.5 Å². The molecule has 0 heterocycles. The van der Waals surface area contributed by atoms with Gasteiger partial charge in [0.25, 0.3) is 11.8 Å². The van der Waals surface area contributed by atoms with Gasteiger partial charge in [0.1, 0.15) is 5.70 Å². The topological polar surface area (TPSA) is 106 Å². The largest absolute Gasteiger partial charge is 0.493 e. The smallest absolute Gasteiger partial charge is 0.418 e. The monoisotopic (exact) mass is 697 g/mol. The lowest BCUT2D eigenvalue weighted by molar-refractivity contribution is -0.137. The lowest BCUT2D eigenvalue weighted by Crippen LogP contribution is -2.30. The Morgan fingerprint density at radius 3 is 2.27 bits per heavy atom. The SMILES string of the molecule is CCC(Sc1cccc(NC(=O)/C(=C\c2ccc(OC)c(OC)c2)NC(=O)c2ccccc2)c1)C(=O)Nc1ccc(Cl)cc1C(F)(F)F. The number of amides is 3. The molecule has 1 unspecified atom stereocenters. The highest BCUT2D eigenvalue weighted by molar-refractivity contribution is 8.00. The number of hydrogen-bond acceptors (Lipinski definition) is 6. The number of hydrogen-bond donors (Lipinski definition) is 3. The maximum atomic E-state index is 13.6. The van der Waals surface area contributed by atoms with Crippen molar-refractivity contribution in [1.82, 2.24) is 5.32 Å². The summed E-state index contributed by atoms with van der Waals surface area (Å²) in [6.45, 7) is 1.73. The number of methoxy groups -OCH3 is 2. The Kier molecular flexibility index (Phi) is 12.2. The van der Waals surface area contributed by atoms with E-state index in [1.807, 2.05) is 0 Å². The van der Waals surface area contributed by atoms with Gasteiger partial charge >= 0.3 is 6.18 Å². The molecule has 0 bridgehead atoms. The molecule has 3 amide bonds. The lowest BCUT2D eigenvalue weighted by Gasteiger charge is -2.18. The Labute approximate surface area is 284 Å². The Hall–Kier alpha value is -4.94. The van der Waals surface area contributed by atoms with Crippen LogP contribution in [-0.4, -0.2) is 37.2 Å². The number of alkyl halides is 3. The average molecular weight is 698 g/mol. The fourth-order valence-electron chi connectivity index (χ4n) is 4.46. The van der Waals surface area contributed by atoms with E-state index >= 15 is 0 Å². The minimum atomic E-state index is -4.72. The maximum absolute atomic E-state index is 13.6. The minimum absolute atomic E-state index is 0.0663. The molecule has 1 atom stereocenters. The summed E-state index contributed by atoms with van der Waals surface area (Å²) >= 11 is 6.88. The maximum Gasteiger partial charge on any atom is 0.418 e. The number of thioether (sulfide) groups is 1. The first-order chi connectivity index (χ1) is 22.9. The van der Waals surface area contributed by atoms with Gasteiger partial charge in [-0.15, -0.1) is 11.8 Å². The molecule has 3 N–H and O–H groups in total. The number of nitrogens with one attached hydrogen (secondary N) is 3. The molecule has 4 rings (SSSR count). The van der Waals surface area contributed by atoms with Gasteiger partial charge in [-0.2, -0.15) is 13.2 Å². The van der Waals surface area contributed by atoms with Gasteiger partial charge < -0.3 is 25.4 Å². The zero-order valence-electron chi connectivity index (χ0n) is 26.0. The third-order valence-corrected chi connectivity index (χ3v) is 8.42. The Morgan fingerprint density at radius 1 is 0.875 bits per heavy atom. The number of anilines is 2. The first kappa shape index (κ1) is 35.9. The molecule has 48 heavy (non-hydrogen) atoms. The number of benzene rings is 4. The van der Waals surface area contributed by atoms with Gasteiger partial charge in [-0.3, -0.25) is 14.4 Å². The van der Waals surface area contributed by atoms with Crippen molar-refractivity contribution in [2.24, 2.45) is 0 Å². The first-order valence-corrected chi connectivity index (χ1v) is 15.7. The summed E-state index contributed by atoms with van der Waals surface area (Å²) in [5.41, 5.74) is -0.284. The van der Waals surface area contributed by atoms with Crippen LogP contribution in [0.5, 0.6) is 11.5 Å². The van der Waals surface area contributed by atoms with Crippen LogP contribution >= 0.6 is 23.4 Å². The molecule has 250 valence electrons. The summed E-state index contributed by atoms with van der Waals surface area (Å²) < 4.78 is 51.4. The van der Waals surface area contributed by atoms with Crippen LogP contribution in [0, 0.1) is 0 Å². The molecule has 8 nitrogen and oxygen atoms in total. The number of halogens is 4. The quantitative estimate of drug-likeness (QED) is 0.102. The van der Waals surface area contributed by atoms with Crippen molar-refractivity contribution in [3.63, 3.8) is 0 Å². The first-order valence-electron chi connectivity index (χ1n) is 14.5. The Morgan fingerprint density at radius 2 is 1.60 bits per heavy atom. The predicted octanol–water partition coefficient (Wildman–Crippen LogP) is 8.30. The second kappa shape index (κ2) is 16.2. The van der Waals surface area contributed by atoms with Crippen molar-refractivity contribution < 1.29 is 37.0 Å². The molecule has 0 saturated carbocycles. The predicted molar refractivity (Wildman–Crippen MR) is 182 cm³/mol. The summed E-state index contributed by atoms with van der Waals surface area (Å²) in [5.74, 6) is -0.869. The molecule has 0 fully saturated rings. The van der Waals surface area contributed by atoms with E-state index in [4.69, 9.17) is 21.1 Å². The van der Waals surface area contributed by atoms with Crippen LogP contribution in [0.3, 0.4) is 0 Å². The van der Waals surface area contributed by atoms with Gasteiger partial charge in [-0.1, -0.05) is 48.9 Å². The van der Waals surface area contributed by atoms with Crippen LogP contribution in [0.15, 0.2) is 102 Å². The van der Waals surface area contributed by atoms with Crippen molar-refractivity contribution in [3.05, 3.63) is 118 Å². The highest BCUT2D eigenvalue weighted by atomic mass is 35.5. The molecule has 0 aliphatic heterocycles. The summed E-state index contributed by atoms with van der Waals surface area (Å²) in [5, 5.41) is 6.94. The van der Waals surface area contributed by atoms with E-state index in [2.05, 4.69) is 16.0 Å². The summed E-state index contributed by atoms with van der Waals surface area (Å²) in [7, 11) is 2.97. The van der Waals surface area contributed by atoms with Gasteiger partial charge in [0, 0.05) is 21.2 Å². The van der Waals surface area contributed by atoms with Crippen LogP contribution in [-0.2, 0) is 15.8 Å². The Balaban J connectivity index is 1.55. The fraction of sp³-hybridized carbons (Fsp3) is 0.171. The molecule has 0 spiro atoms. The van der Waals surface area contributed by atoms with Gasteiger partial charge in [-0.05, 0) is 78.7 Å². The van der Waals surface area contributed by atoms with E-state index < -0.39 is 40.4 Å². The summed E-state index contributed by atoms with van der Waals surface area (Å²) in [6, 6.07) is 23.1. The fourth-order valence-corrected chi connectivity index (χ4v) is 5.64. The zero-order valence-corrected chi connectivity index (χ0v) is 27.6. The van der Waals surface area contributed by atoms with Crippen LogP contribution in [0.2, 0.25) is 5.02 Å². The summed E-state index contributed by atoms with van der Waals surface area (Å²) in [4.78, 5) is 40.3. The molecule has 4 aromatic rings. The van der Waals surface area contributed by atoms with E-state index in [0.717, 1.165) is 23.9 Å². The van der Waals surface area contributed by atoms with Gasteiger partial charge in [0.15, 0.2) is 11.5 Å². The molecule has 0 saturated heterocycles. The van der Waals surface area contributed by atoms with E-state index in [1.165, 1.54) is 26.4 Å². The van der Waals surface area contributed by atoms with Gasteiger partial charge in [-0.25, -0.2) is 0 Å². The molecule has 0 aliphatic rings. The average Bonchev–Trinajstić information content (AvgIpc) is 3.07. The molecule has 4 aromatic carbocycles. The number of ether oxygens (including phenoxy) is 2. The van der Waals surface area contributed by atoms with Crippen LogP contribution in [0.25, 0.3) is 6.08 Å². The van der Waals surface area contributed by atoms with Gasteiger partial charge in [0.05, 0.1) is 30.7 Å². The second-order valence-electron chi connectivity index (χ2n) is 10.2. The van der Waals surface area contributed by atoms with Crippen LogP contribution in [0.1, 0.15) is 34.8 Å². The van der Waals surface area contributed by atoms with Crippen molar-refractivity contribution in [3.8, 4) is 11.5 Å². The van der Waals surface area contributed by atoms with Gasteiger partial charge in [0.2, 0.25) is 5.91 Å². The Bertz CT molecular complexity index is 1820. The number of rotatable bonds is 12. The molecule has 0 radical (unpaired) electrons. The number of carbonyl (C=O) groups excluding carboxylic acids is 3. The normalized spacial score (nSPS) is 12.1. The van der Waals surface area contributed by atoms with Crippen molar-refractivity contribution in [2.45, 2.75) is 29.7 Å². The lowest BCUT2D eigenvalue weighted by atomic mass is 10.1. The zero-order chi connectivity index (χ0) is 34.8. The van der Waals surface area contributed by atoms with Crippen molar-refractivity contribution in [2.75, 3.05) is 24.9 Å². The van der Waals surface area contributed by atoms with E-state index in [9.17, 15) is 27.6 Å². The molecule has 0 aromatic heterocycles. The van der Waals surface area contributed by atoms with Crippen molar-refractivity contribution in [1.29, 1.82) is 0 Å². The van der Waals surface area contributed by atoms with Crippen molar-refractivity contribution >= 4 is 58.5 Å². The molecule has 0 aliphatic carbocycles. The van der Waals surface area contributed by atoms with E-state index in [-0.39, 0.29) is 10.7 Å². The third-order valence-electron chi connectivity index (χ3n) is 6.83. The second-order valence-corrected chi connectivity index (χ2v) is 11.9. The standard InChI is InChI=1S/C35H31ClF3N3O5S/c1-4-31(34(45)41-27-15-14-23(36)19-26(27)35(37,38)39)48-25-12-8-11-24(20-25)40-33(44)28(42-32(43)22-9-6-5-7-10-22)17-21-13-16-29(46-2)30(18-21)47-3/h5-20,31H,4H2,1-3H3,(H,40,44)(H,41,45)(H,42,43)/b28-17+. The van der Waals surface area contributed by atoms with E-state index in [1.54, 1.807) is 79.7 Å². The minimum Gasteiger partial charge on any atom is -0.493 e. The molecule has 13 heteroatoms. The van der Waals surface area contributed by atoms with E-state index in [0.29, 0.717) is 39.6 Å². The highest BCUT2D eigenvalue weighted by Crippen LogP contribution is 2.37. The van der Waals surface area contributed by atoms with Crippen LogP contribution < -0.4 is 25.4 Å². The molecular formula is C35H31ClF3N3O5S. The number of carbonyl (C=O) groups is 3. The highest BCUT2D eigenvalue weighted by Gasteiger charge is 2.34. The summed E-state index contributed by atoms with van der Waals surface area (Å²) in [6.07, 6.45) is -2.94. The molecular weight excluding hydrogens is 667 g/mol.